The number of thioether (sulfide) groups is 1. The van der Waals surface area contributed by atoms with Crippen LogP contribution in [0.15, 0.2) is 40.8 Å². The molecule has 112 valence electrons. The number of thiophene rings is 1. The number of hydrogen-bond donors (Lipinski definition) is 0. The molecule has 5 rings (SSSR count). The summed E-state index contributed by atoms with van der Waals surface area (Å²) in [6.07, 6.45) is 14.6. The van der Waals surface area contributed by atoms with Crippen molar-refractivity contribution in [2.45, 2.75) is 31.9 Å². The van der Waals surface area contributed by atoms with Crippen molar-refractivity contribution in [2.75, 3.05) is 0 Å². The Bertz CT molecular complexity index is 862. The third-order valence-corrected chi connectivity index (χ3v) is 7.89. The standard InChI is InChI=1S/C20H20S2/c1-11-9-16-17(21-11)10-18-20(16)19(12(2)22-18)15-8-7-13-5-3-4-6-14(13)15/h3-6,9-10,13-15,18H,7-8H2,1-2H3. The van der Waals surface area contributed by atoms with E-state index >= 15 is 0 Å². The molecular weight excluding hydrogens is 304 g/mol. The van der Waals surface area contributed by atoms with Crippen molar-refractivity contribution in [3.05, 3.63) is 55.5 Å². The van der Waals surface area contributed by atoms with Crippen molar-refractivity contribution in [1.82, 2.24) is 0 Å². The van der Waals surface area contributed by atoms with E-state index in [4.69, 9.17) is 0 Å². The van der Waals surface area contributed by atoms with Crippen molar-refractivity contribution in [3.8, 4) is 0 Å². The molecule has 2 heteroatoms. The van der Waals surface area contributed by atoms with E-state index in [-0.39, 0.29) is 0 Å². The summed E-state index contributed by atoms with van der Waals surface area (Å²) < 4.78 is 1.52. The summed E-state index contributed by atoms with van der Waals surface area (Å²) in [5.74, 6) is 2.23. The van der Waals surface area contributed by atoms with Gasteiger partial charge in [0.2, 0.25) is 0 Å². The number of fused-ring (bicyclic) bond motifs is 3. The molecule has 0 amide bonds. The number of hydrogen-bond acceptors (Lipinski definition) is 2. The van der Waals surface area contributed by atoms with Crippen molar-refractivity contribution < 1.29 is 0 Å². The van der Waals surface area contributed by atoms with E-state index < -0.39 is 0 Å². The number of allylic oxidation sites excluding steroid dienone is 6. The predicted octanol–water partition coefficient (Wildman–Crippen LogP) is 4.16. The molecule has 3 aliphatic carbocycles. The summed E-state index contributed by atoms with van der Waals surface area (Å²) >= 11 is 4.05. The van der Waals surface area contributed by atoms with Crippen LogP contribution in [0.1, 0.15) is 24.6 Å². The Morgan fingerprint density at radius 3 is 2.82 bits per heavy atom. The van der Waals surface area contributed by atoms with Crippen LogP contribution in [0.2, 0.25) is 0 Å². The van der Waals surface area contributed by atoms with E-state index in [2.05, 4.69) is 62.1 Å². The van der Waals surface area contributed by atoms with Crippen LogP contribution < -0.4 is 9.75 Å². The zero-order chi connectivity index (χ0) is 14.8. The van der Waals surface area contributed by atoms with Gasteiger partial charge in [-0.15, -0.1) is 23.1 Å². The van der Waals surface area contributed by atoms with Gasteiger partial charge in [0.25, 0.3) is 0 Å². The first-order chi connectivity index (χ1) is 10.7. The van der Waals surface area contributed by atoms with Gasteiger partial charge in [-0.25, -0.2) is 0 Å². The first-order valence-corrected chi connectivity index (χ1v) is 9.97. The Balaban J connectivity index is 1.66. The van der Waals surface area contributed by atoms with Crippen molar-refractivity contribution in [3.63, 3.8) is 0 Å². The minimum atomic E-state index is 0.596. The van der Waals surface area contributed by atoms with Crippen molar-refractivity contribution in [1.29, 1.82) is 0 Å². The molecular formula is C20H20S2. The molecule has 1 aromatic heterocycles. The molecule has 0 saturated heterocycles. The molecule has 0 radical (unpaired) electrons. The van der Waals surface area contributed by atoms with Crippen molar-refractivity contribution in [2.24, 2.45) is 17.8 Å². The van der Waals surface area contributed by atoms with E-state index in [1.54, 1.807) is 21.3 Å². The maximum absolute atomic E-state index is 2.51. The second kappa shape index (κ2) is 4.75. The number of rotatable bonds is 1. The Morgan fingerprint density at radius 1 is 1.05 bits per heavy atom. The van der Waals surface area contributed by atoms with Gasteiger partial charge in [-0.2, -0.15) is 0 Å². The Hall–Kier alpha value is -0.990. The van der Waals surface area contributed by atoms with Gasteiger partial charge in [-0.05, 0) is 77.9 Å². The second-order valence-corrected chi connectivity index (χ2v) is 9.56. The lowest BCUT2D eigenvalue weighted by atomic mass is 9.79. The average molecular weight is 325 g/mol. The predicted molar refractivity (Wildman–Crippen MR) is 98.2 cm³/mol. The lowest BCUT2D eigenvalue weighted by molar-refractivity contribution is 0.476. The average Bonchev–Trinajstić information content (AvgIpc) is 3.19. The number of aryl methyl sites for hydroxylation is 1. The zero-order valence-corrected chi connectivity index (χ0v) is 14.6. The Kier molecular flexibility index (Phi) is 2.90. The Labute approximate surface area is 140 Å². The maximum atomic E-state index is 2.51. The van der Waals surface area contributed by atoms with Crippen LogP contribution in [-0.4, -0.2) is 5.25 Å². The smallest absolute Gasteiger partial charge is 0.0547 e. The first kappa shape index (κ1) is 13.4. The van der Waals surface area contributed by atoms with Crippen LogP contribution in [0.3, 0.4) is 0 Å². The van der Waals surface area contributed by atoms with E-state index in [9.17, 15) is 0 Å². The molecule has 22 heavy (non-hydrogen) atoms. The molecule has 1 aliphatic heterocycles. The first-order valence-electron chi connectivity index (χ1n) is 8.27. The highest BCUT2D eigenvalue weighted by Gasteiger charge is 2.42. The highest BCUT2D eigenvalue weighted by atomic mass is 32.2. The normalized spacial score (nSPS) is 34.9. The van der Waals surface area contributed by atoms with Crippen LogP contribution in [0.4, 0.5) is 0 Å². The van der Waals surface area contributed by atoms with Gasteiger partial charge in [0.05, 0.1) is 5.25 Å². The van der Waals surface area contributed by atoms with E-state index in [0.29, 0.717) is 5.25 Å². The highest BCUT2D eigenvalue weighted by Crippen LogP contribution is 2.54. The highest BCUT2D eigenvalue weighted by molar-refractivity contribution is 8.04. The molecule has 4 aliphatic rings. The van der Waals surface area contributed by atoms with Crippen LogP contribution in [0.25, 0.3) is 11.6 Å². The molecule has 4 unspecified atom stereocenters. The largest absolute Gasteiger partial charge is 0.141 e. The zero-order valence-electron chi connectivity index (χ0n) is 13.0. The van der Waals surface area contributed by atoms with Gasteiger partial charge in [-0.1, -0.05) is 24.3 Å². The van der Waals surface area contributed by atoms with E-state index in [1.165, 1.54) is 22.3 Å². The van der Waals surface area contributed by atoms with Crippen LogP contribution in [0, 0.1) is 24.7 Å². The molecule has 1 fully saturated rings. The molecule has 2 heterocycles. The molecule has 0 bridgehead atoms. The molecule has 1 saturated carbocycles. The molecule has 0 aromatic carbocycles. The van der Waals surface area contributed by atoms with Crippen LogP contribution in [0.5, 0.6) is 0 Å². The third kappa shape index (κ3) is 1.77. The summed E-state index contributed by atoms with van der Waals surface area (Å²) in [4.78, 5) is 3.03. The third-order valence-electron chi connectivity index (χ3n) is 5.68. The molecule has 1 aromatic rings. The van der Waals surface area contributed by atoms with E-state index in [0.717, 1.165) is 17.8 Å². The summed E-state index contributed by atoms with van der Waals surface area (Å²) in [6, 6.07) is 2.42. The van der Waals surface area contributed by atoms with Gasteiger partial charge in [-0.3, -0.25) is 0 Å². The molecule has 0 N–H and O–H groups in total. The topological polar surface area (TPSA) is 0 Å². The quantitative estimate of drug-likeness (QED) is 0.747. The van der Waals surface area contributed by atoms with Gasteiger partial charge < -0.3 is 0 Å². The van der Waals surface area contributed by atoms with E-state index in [1.807, 2.05) is 11.3 Å². The van der Waals surface area contributed by atoms with Crippen LogP contribution in [-0.2, 0) is 0 Å². The molecule has 0 spiro atoms. The molecule has 0 nitrogen and oxygen atoms in total. The minimum Gasteiger partial charge on any atom is -0.141 e. The maximum Gasteiger partial charge on any atom is 0.0547 e. The lowest BCUT2D eigenvalue weighted by Crippen LogP contribution is -2.21. The fourth-order valence-electron chi connectivity index (χ4n) is 4.83. The fourth-order valence-corrected chi connectivity index (χ4v) is 7.27. The fraction of sp³-hybridized carbons (Fsp3) is 0.400. The second-order valence-electron chi connectivity index (χ2n) is 6.92. The SMILES string of the molecule is CC1=C(C2CCC3C=CC=CC32)C2=c3cc(C)sc3=CC2S1. The summed E-state index contributed by atoms with van der Waals surface area (Å²) in [5, 5.41) is 2.14. The minimum absolute atomic E-state index is 0.596. The van der Waals surface area contributed by atoms with Gasteiger partial charge in [0.15, 0.2) is 0 Å². The lowest BCUT2D eigenvalue weighted by Gasteiger charge is -2.24. The summed E-state index contributed by atoms with van der Waals surface area (Å²) in [5.41, 5.74) is 3.37. The molecule has 4 atom stereocenters. The Morgan fingerprint density at radius 2 is 1.91 bits per heavy atom. The van der Waals surface area contributed by atoms with Gasteiger partial charge >= 0.3 is 0 Å². The van der Waals surface area contributed by atoms with Gasteiger partial charge in [0, 0.05) is 9.41 Å². The van der Waals surface area contributed by atoms with Crippen molar-refractivity contribution >= 4 is 34.7 Å². The summed E-state index contributed by atoms with van der Waals surface area (Å²) in [7, 11) is 0. The van der Waals surface area contributed by atoms with Crippen LogP contribution >= 0.6 is 23.1 Å². The summed E-state index contributed by atoms with van der Waals surface area (Å²) in [6.45, 7) is 4.60. The van der Waals surface area contributed by atoms with Gasteiger partial charge in [0.1, 0.15) is 0 Å². The monoisotopic (exact) mass is 324 g/mol.